The standard InChI is InChI=1S/C13H14N4O/c14-8-10-2-1-9(7-12(10)15)13(18)17-11-3-5-16-6-4-11/h1-6,15H,7-8,14H2,(H,16,17,18). The molecule has 0 aliphatic heterocycles. The Bertz CT molecular complexity index is 531. The average molecular weight is 242 g/mol. The van der Waals surface area contributed by atoms with Crippen LogP contribution in [0.2, 0.25) is 0 Å². The Labute approximate surface area is 105 Å². The van der Waals surface area contributed by atoms with E-state index >= 15 is 0 Å². The summed E-state index contributed by atoms with van der Waals surface area (Å²) in [6, 6.07) is 3.43. The zero-order chi connectivity index (χ0) is 13.0. The fourth-order valence-corrected chi connectivity index (χ4v) is 1.66. The second kappa shape index (κ2) is 5.37. The smallest absolute Gasteiger partial charge is 0.251 e. The van der Waals surface area contributed by atoms with Crippen LogP contribution in [0.1, 0.15) is 6.42 Å². The normalized spacial score (nSPS) is 14.8. The van der Waals surface area contributed by atoms with Gasteiger partial charge in [-0.25, -0.2) is 0 Å². The topological polar surface area (TPSA) is 91.9 Å². The molecule has 0 fully saturated rings. The van der Waals surface area contributed by atoms with Crippen molar-refractivity contribution in [1.82, 2.24) is 4.98 Å². The Balaban J connectivity index is 2.09. The van der Waals surface area contributed by atoms with Crippen LogP contribution in [-0.4, -0.2) is 23.1 Å². The Hall–Kier alpha value is -2.27. The summed E-state index contributed by atoms with van der Waals surface area (Å²) in [7, 11) is 0. The van der Waals surface area contributed by atoms with Crippen molar-refractivity contribution >= 4 is 17.3 Å². The molecule has 0 atom stereocenters. The fraction of sp³-hybridized carbons (Fsp3) is 0.154. The lowest BCUT2D eigenvalue weighted by Crippen LogP contribution is -2.21. The lowest BCUT2D eigenvalue weighted by molar-refractivity contribution is -0.112. The average Bonchev–Trinajstić information content (AvgIpc) is 2.39. The van der Waals surface area contributed by atoms with Crippen LogP contribution >= 0.6 is 0 Å². The molecule has 1 aromatic rings. The van der Waals surface area contributed by atoms with Gasteiger partial charge >= 0.3 is 0 Å². The predicted molar refractivity (Wildman–Crippen MR) is 70.4 cm³/mol. The van der Waals surface area contributed by atoms with Crippen LogP contribution in [0, 0.1) is 5.41 Å². The number of hydrogen-bond acceptors (Lipinski definition) is 4. The highest BCUT2D eigenvalue weighted by Gasteiger charge is 2.16. The molecule has 4 N–H and O–H groups in total. The van der Waals surface area contributed by atoms with E-state index in [2.05, 4.69) is 10.3 Å². The van der Waals surface area contributed by atoms with Gasteiger partial charge in [0.15, 0.2) is 0 Å². The molecule has 0 saturated carbocycles. The van der Waals surface area contributed by atoms with Crippen LogP contribution in [0.5, 0.6) is 0 Å². The number of hydrogen-bond donors (Lipinski definition) is 3. The lowest BCUT2D eigenvalue weighted by atomic mass is 9.96. The first kappa shape index (κ1) is 12.2. The van der Waals surface area contributed by atoms with Crippen molar-refractivity contribution in [2.75, 3.05) is 11.9 Å². The fourth-order valence-electron chi connectivity index (χ4n) is 1.66. The molecule has 1 aliphatic rings. The summed E-state index contributed by atoms with van der Waals surface area (Å²) in [4.78, 5) is 15.8. The van der Waals surface area contributed by atoms with Gasteiger partial charge in [0, 0.05) is 42.3 Å². The van der Waals surface area contributed by atoms with Gasteiger partial charge in [-0.05, 0) is 17.7 Å². The summed E-state index contributed by atoms with van der Waals surface area (Å²) < 4.78 is 0. The summed E-state index contributed by atoms with van der Waals surface area (Å²) in [6.07, 6.45) is 6.99. The summed E-state index contributed by atoms with van der Waals surface area (Å²) in [6.45, 7) is 0.328. The third-order valence-electron chi connectivity index (χ3n) is 2.69. The number of allylic oxidation sites excluding steroid dienone is 2. The lowest BCUT2D eigenvalue weighted by Gasteiger charge is -2.14. The number of amides is 1. The monoisotopic (exact) mass is 242 g/mol. The van der Waals surface area contributed by atoms with Crippen molar-refractivity contribution < 1.29 is 4.79 Å². The Morgan fingerprint density at radius 2 is 2.11 bits per heavy atom. The molecule has 0 saturated heterocycles. The molecular formula is C13H14N4O. The van der Waals surface area contributed by atoms with Crippen molar-refractivity contribution in [2.45, 2.75) is 6.42 Å². The van der Waals surface area contributed by atoms with Crippen LogP contribution in [-0.2, 0) is 4.79 Å². The number of rotatable bonds is 3. The zero-order valence-corrected chi connectivity index (χ0v) is 9.81. The third kappa shape index (κ3) is 2.70. The van der Waals surface area contributed by atoms with Crippen molar-refractivity contribution in [2.24, 2.45) is 5.73 Å². The van der Waals surface area contributed by atoms with Crippen molar-refractivity contribution in [3.05, 3.63) is 47.8 Å². The molecule has 0 unspecified atom stereocenters. The second-order valence-electron chi connectivity index (χ2n) is 3.93. The molecule has 5 nitrogen and oxygen atoms in total. The number of carbonyl (C=O) groups excluding carboxylic acids is 1. The van der Waals surface area contributed by atoms with E-state index in [0.717, 1.165) is 5.57 Å². The Morgan fingerprint density at radius 1 is 1.39 bits per heavy atom. The minimum absolute atomic E-state index is 0.196. The second-order valence-corrected chi connectivity index (χ2v) is 3.93. The van der Waals surface area contributed by atoms with Crippen molar-refractivity contribution in [3.8, 4) is 0 Å². The van der Waals surface area contributed by atoms with Gasteiger partial charge in [-0.2, -0.15) is 0 Å². The molecule has 0 bridgehead atoms. The minimum Gasteiger partial charge on any atom is -0.326 e. The highest BCUT2D eigenvalue weighted by atomic mass is 16.1. The van der Waals surface area contributed by atoms with Crippen molar-refractivity contribution in [1.29, 1.82) is 5.41 Å². The maximum atomic E-state index is 12.0. The first-order valence-electron chi connectivity index (χ1n) is 5.59. The molecule has 1 amide bonds. The van der Waals surface area contributed by atoms with Crippen LogP contribution in [0.25, 0.3) is 0 Å². The van der Waals surface area contributed by atoms with E-state index in [1.807, 2.05) is 0 Å². The highest BCUT2D eigenvalue weighted by Crippen LogP contribution is 2.16. The van der Waals surface area contributed by atoms with Crippen LogP contribution in [0.4, 0.5) is 5.69 Å². The molecule has 1 heterocycles. The van der Waals surface area contributed by atoms with E-state index in [1.54, 1.807) is 36.7 Å². The van der Waals surface area contributed by atoms with Gasteiger partial charge in [-0.1, -0.05) is 12.2 Å². The largest absolute Gasteiger partial charge is 0.326 e. The SMILES string of the molecule is N=C1CC(C(=O)Nc2ccncc2)=CC=C1CN. The van der Waals surface area contributed by atoms with E-state index < -0.39 is 0 Å². The first-order valence-corrected chi connectivity index (χ1v) is 5.59. The summed E-state index contributed by atoms with van der Waals surface area (Å²) in [5, 5.41) is 10.5. The molecule has 2 rings (SSSR count). The number of aromatic nitrogens is 1. The third-order valence-corrected chi connectivity index (χ3v) is 2.69. The predicted octanol–water partition coefficient (Wildman–Crippen LogP) is 1.26. The summed E-state index contributed by atoms with van der Waals surface area (Å²) >= 11 is 0. The van der Waals surface area contributed by atoms with Crippen LogP contribution in [0.3, 0.4) is 0 Å². The Kier molecular flexibility index (Phi) is 3.64. The van der Waals surface area contributed by atoms with E-state index in [9.17, 15) is 4.79 Å². The molecular weight excluding hydrogens is 228 g/mol. The molecule has 5 heteroatoms. The molecule has 1 aliphatic carbocycles. The van der Waals surface area contributed by atoms with Gasteiger partial charge in [0.25, 0.3) is 5.91 Å². The highest BCUT2D eigenvalue weighted by molar-refractivity contribution is 6.12. The Morgan fingerprint density at radius 3 is 2.72 bits per heavy atom. The van der Waals surface area contributed by atoms with Crippen LogP contribution < -0.4 is 11.1 Å². The first-order chi connectivity index (χ1) is 8.70. The van der Waals surface area contributed by atoms with Gasteiger partial charge < -0.3 is 16.5 Å². The van der Waals surface area contributed by atoms with E-state index in [1.165, 1.54) is 0 Å². The number of pyridine rings is 1. The van der Waals surface area contributed by atoms with E-state index in [-0.39, 0.29) is 5.91 Å². The number of nitrogens with two attached hydrogens (primary N) is 1. The van der Waals surface area contributed by atoms with Gasteiger partial charge in [0.05, 0.1) is 0 Å². The quantitative estimate of drug-likeness (QED) is 0.745. The number of anilines is 1. The summed E-state index contributed by atoms with van der Waals surface area (Å²) in [5.41, 5.74) is 7.92. The van der Waals surface area contributed by atoms with Gasteiger partial charge in [0.2, 0.25) is 0 Å². The molecule has 1 aromatic heterocycles. The van der Waals surface area contributed by atoms with Crippen molar-refractivity contribution in [3.63, 3.8) is 0 Å². The molecule has 0 radical (unpaired) electrons. The van der Waals surface area contributed by atoms with Crippen LogP contribution in [0.15, 0.2) is 47.8 Å². The number of carbonyl (C=O) groups is 1. The summed E-state index contributed by atoms with van der Waals surface area (Å²) in [5.74, 6) is -0.196. The van der Waals surface area contributed by atoms with E-state index in [4.69, 9.17) is 11.1 Å². The van der Waals surface area contributed by atoms with Gasteiger partial charge in [-0.15, -0.1) is 0 Å². The van der Waals surface area contributed by atoms with E-state index in [0.29, 0.717) is 29.9 Å². The minimum atomic E-state index is -0.196. The number of nitrogens with zero attached hydrogens (tertiary/aromatic N) is 1. The maximum absolute atomic E-state index is 12.0. The van der Waals surface area contributed by atoms with Gasteiger partial charge in [-0.3, -0.25) is 9.78 Å². The number of nitrogens with one attached hydrogen (secondary N) is 2. The molecule has 18 heavy (non-hydrogen) atoms. The molecule has 0 aromatic carbocycles. The van der Waals surface area contributed by atoms with Gasteiger partial charge in [0.1, 0.15) is 0 Å². The maximum Gasteiger partial charge on any atom is 0.251 e. The molecule has 0 spiro atoms. The molecule has 92 valence electrons. The zero-order valence-electron chi connectivity index (χ0n) is 9.81.